The molecule has 116 valence electrons. The summed E-state index contributed by atoms with van der Waals surface area (Å²) in [5, 5.41) is 18.3. The summed E-state index contributed by atoms with van der Waals surface area (Å²) in [6, 6.07) is -1.59. The molecule has 2 atom stereocenters. The van der Waals surface area contributed by atoms with Gasteiger partial charge in [0.05, 0.1) is 6.08 Å². The van der Waals surface area contributed by atoms with Gasteiger partial charge in [-0.3, -0.25) is 4.90 Å². The van der Waals surface area contributed by atoms with Crippen molar-refractivity contribution in [2.45, 2.75) is 51.0 Å². The number of cyclic esters (lactones) is 1. The van der Waals surface area contributed by atoms with Crippen molar-refractivity contribution in [3.63, 3.8) is 0 Å². The lowest BCUT2D eigenvalue weighted by atomic mass is 10.1. The van der Waals surface area contributed by atoms with E-state index >= 15 is 0 Å². The number of amides is 1. The number of rotatable bonds is 3. The highest BCUT2D eigenvalue weighted by molar-refractivity contribution is 5.83. The largest absolute Gasteiger partial charge is 0.480 e. The number of nitrogens with zero attached hydrogens (tertiary/aromatic N) is 1. The van der Waals surface area contributed by atoms with Crippen LogP contribution in [0.25, 0.3) is 0 Å². The molecule has 1 unspecified atom stereocenters. The van der Waals surface area contributed by atoms with Gasteiger partial charge in [0, 0.05) is 26.3 Å². The molecule has 2 heterocycles. The number of ether oxygens (including phenoxy) is 2. The standard InChI is InChI=1S/C13H17NO7/c1-13(2)20-8(6-10(15)21-13)5-7-3-4-9(11(16)17)14(7)12(18)19/h6-7,9H,3-5H2,1-2H3,(H,16,17)(H,18,19)/t7?,9-/m0/s1. The van der Waals surface area contributed by atoms with Gasteiger partial charge in [0.2, 0.25) is 5.79 Å². The van der Waals surface area contributed by atoms with Gasteiger partial charge < -0.3 is 19.7 Å². The van der Waals surface area contributed by atoms with Gasteiger partial charge in [-0.25, -0.2) is 14.4 Å². The number of hydrogen-bond donors (Lipinski definition) is 2. The SMILES string of the molecule is CC1(C)OC(=O)C=C(CC2CC[C@@H](C(=O)O)N2C(=O)O)O1. The van der Waals surface area contributed by atoms with Crippen molar-refractivity contribution in [1.29, 1.82) is 0 Å². The molecule has 0 saturated carbocycles. The summed E-state index contributed by atoms with van der Waals surface area (Å²) >= 11 is 0. The zero-order valence-electron chi connectivity index (χ0n) is 11.7. The molecular formula is C13H17NO7. The van der Waals surface area contributed by atoms with Gasteiger partial charge in [0.25, 0.3) is 0 Å². The van der Waals surface area contributed by atoms with E-state index in [9.17, 15) is 19.5 Å². The van der Waals surface area contributed by atoms with E-state index in [4.69, 9.17) is 14.6 Å². The van der Waals surface area contributed by atoms with E-state index in [0.717, 1.165) is 4.90 Å². The van der Waals surface area contributed by atoms with Crippen LogP contribution in [0.5, 0.6) is 0 Å². The lowest BCUT2D eigenvalue weighted by molar-refractivity contribution is -0.206. The third-order valence-corrected chi connectivity index (χ3v) is 3.45. The van der Waals surface area contributed by atoms with Crippen LogP contribution in [0.15, 0.2) is 11.8 Å². The predicted octanol–water partition coefficient (Wildman–Crippen LogP) is 1.17. The van der Waals surface area contributed by atoms with Crippen molar-refractivity contribution in [2.24, 2.45) is 0 Å². The van der Waals surface area contributed by atoms with Crippen LogP contribution < -0.4 is 0 Å². The topological polar surface area (TPSA) is 113 Å². The first-order chi connectivity index (χ1) is 9.69. The zero-order chi connectivity index (χ0) is 15.8. The van der Waals surface area contributed by atoms with Crippen molar-refractivity contribution < 1.29 is 34.1 Å². The highest BCUT2D eigenvalue weighted by Crippen LogP contribution is 2.32. The van der Waals surface area contributed by atoms with Crippen molar-refractivity contribution in [2.75, 3.05) is 0 Å². The van der Waals surface area contributed by atoms with Crippen molar-refractivity contribution in [3.8, 4) is 0 Å². The fraction of sp³-hybridized carbons (Fsp3) is 0.615. The van der Waals surface area contributed by atoms with E-state index < -0.39 is 35.9 Å². The van der Waals surface area contributed by atoms with Crippen molar-refractivity contribution in [3.05, 3.63) is 11.8 Å². The highest BCUT2D eigenvalue weighted by atomic mass is 16.7. The van der Waals surface area contributed by atoms with Crippen LogP contribution >= 0.6 is 0 Å². The normalized spacial score (nSPS) is 27.6. The fourth-order valence-electron chi connectivity index (χ4n) is 2.72. The van der Waals surface area contributed by atoms with E-state index in [-0.39, 0.29) is 12.8 Å². The number of carboxylic acid groups (broad SMARTS) is 2. The van der Waals surface area contributed by atoms with Gasteiger partial charge in [0.15, 0.2) is 0 Å². The average molecular weight is 299 g/mol. The summed E-state index contributed by atoms with van der Waals surface area (Å²) in [6.45, 7) is 3.14. The molecule has 0 bridgehead atoms. The smallest absolute Gasteiger partial charge is 0.408 e. The molecule has 2 N–H and O–H groups in total. The Morgan fingerprint density at radius 2 is 2.00 bits per heavy atom. The van der Waals surface area contributed by atoms with Gasteiger partial charge >= 0.3 is 18.0 Å². The van der Waals surface area contributed by atoms with Gasteiger partial charge in [-0.15, -0.1) is 0 Å². The molecule has 2 aliphatic heterocycles. The first-order valence-electron chi connectivity index (χ1n) is 6.56. The minimum atomic E-state index is -1.29. The maximum absolute atomic E-state index is 11.4. The Labute approximate surface area is 120 Å². The maximum Gasteiger partial charge on any atom is 0.408 e. The average Bonchev–Trinajstić information content (AvgIpc) is 2.69. The first kappa shape index (κ1) is 15.1. The van der Waals surface area contributed by atoms with E-state index in [1.165, 1.54) is 6.08 Å². The van der Waals surface area contributed by atoms with E-state index in [1.54, 1.807) is 13.8 Å². The van der Waals surface area contributed by atoms with Gasteiger partial charge in [-0.05, 0) is 12.8 Å². The molecule has 0 aromatic carbocycles. The molecule has 1 amide bonds. The number of hydrogen-bond acceptors (Lipinski definition) is 5. The summed E-state index contributed by atoms with van der Waals surface area (Å²) in [6.07, 6.45) is 0.670. The number of esters is 1. The second kappa shape index (κ2) is 5.27. The van der Waals surface area contributed by atoms with Crippen LogP contribution in [-0.2, 0) is 19.1 Å². The third kappa shape index (κ3) is 3.26. The van der Waals surface area contributed by atoms with Gasteiger partial charge in [-0.1, -0.05) is 0 Å². The number of likely N-dealkylation sites (tertiary alicyclic amines) is 1. The predicted molar refractivity (Wildman–Crippen MR) is 68.3 cm³/mol. The summed E-state index contributed by atoms with van der Waals surface area (Å²) in [5.41, 5.74) is 0. The van der Waals surface area contributed by atoms with Gasteiger partial charge in [-0.2, -0.15) is 0 Å². The number of carboxylic acids is 1. The lowest BCUT2D eigenvalue weighted by Crippen LogP contribution is -2.45. The van der Waals surface area contributed by atoms with Crippen LogP contribution in [0.1, 0.15) is 33.1 Å². The molecule has 8 heteroatoms. The van der Waals surface area contributed by atoms with E-state index in [1.807, 2.05) is 0 Å². The molecule has 0 aliphatic carbocycles. The monoisotopic (exact) mass is 299 g/mol. The molecular weight excluding hydrogens is 282 g/mol. The maximum atomic E-state index is 11.4. The summed E-state index contributed by atoms with van der Waals surface area (Å²) in [5.74, 6) is -2.53. The summed E-state index contributed by atoms with van der Waals surface area (Å²) in [7, 11) is 0. The molecule has 2 aliphatic rings. The Morgan fingerprint density at radius 1 is 1.33 bits per heavy atom. The molecule has 0 aromatic heterocycles. The second-order valence-corrected chi connectivity index (χ2v) is 5.51. The van der Waals surface area contributed by atoms with Crippen LogP contribution in [0.2, 0.25) is 0 Å². The molecule has 21 heavy (non-hydrogen) atoms. The molecule has 2 rings (SSSR count). The molecule has 1 saturated heterocycles. The molecule has 0 radical (unpaired) electrons. The van der Waals surface area contributed by atoms with Crippen LogP contribution in [0, 0.1) is 0 Å². The molecule has 0 aromatic rings. The Kier molecular flexibility index (Phi) is 3.80. The minimum Gasteiger partial charge on any atom is -0.480 e. The Hall–Kier alpha value is -2.25. The van der Waals surface area contributed by atoms with Crippen LogP contribution in [0.3, 0.4) is 0 Å². The fourth-order valence-corrected chi connectivity index (χ4v) is 2.72. The number of carbonyl (C=O) groups excluding carboxylic acids is 1. The van der Waals surface area contributed by atoms with E-state index in [2.05, 4.69) is 0 Å². The number of carbonyl (C=O) groups is 3. The first-order valence-corrected chi connectivity index (χ1v) is 6.56. The Balaban J connectivity index is 2.14. The quantitative estimate of drug-likeness (QED) is 0.752. The second-order valence-electron chi connectivity index (χ2n) is 5.51. The minimum absolute atomic E-state index is 0.147. The van der Waals surface area contributed by atoms with Gasteiger partial charge in [0.1, 0.15) is 11.8 Å². The summed E-state index contributed by atoms with van der Waals surface area (Å²) < 4.78 is 10.4. The van der Waals surface area contributed by atoms with Crippen molar-refractivity contribution in [1.82, 2.24) is 4.90 Å². The van der Waals surface area contributed by atoms with E-state index in [0.29, 0.717) is 12.2 Å². The number of aliphatic carboxylic acids is 1. The summed E-state index contributed by atoms with van der Waals surface area (Å²) in [4.78, 5) is 34.7. The zero-order valence-corrected chi connectivity index (χ0v) is 11.7. The third-order valence-electron chi connectivity index (χ3n) is 3.45. The Morgan fingerprint density at radius 3 is 2.52 bits per heavy atom. The van der Waals surface area contributed by atoms with Crippen LogP contribution in [0.4, 0.5) is 4.79 Å². The molecule has 1 fully saturated rings. The van der Waals surface area contributed by atoms with Crippen molar-refractivity contribution >= 4 is 18.0 Å². The lowest BCUT2D eigenvalue weighted by Gasteiger charge is -2.33. The highest BCUT2D eigenvalue weighted by Gasteiger charge is 2.42. The van der Waals surface area contributed by atoms with Crippen LogP contribution in [-0.4, -0.2) is 51.0 Å². The Bertz CT molecular complexity index is 511. The molecule has 8 nitrogen and oxygen atoms in total. The molecule has 0 spiro atoms.